The summed E-state index contributed by atoms with van der Waals surface area (Å²) in [4.78, 5) is 7.60. The van der Waals surface area contributed by atoms with Crippen molar-refractivity contribution in [2.45, 2.75) is 6.92 Å². The highest BCUT2D eigenvalue weighted by Crippen LogP contribution is 2.19. The number of pyridine rings is 1. The molecule has 0 spiro atoms. The summed E-state index contributed by atoms with van der Waals surface area (Å²) in [6, 6.07) is 7.62. The molecular weight excluding hydrogens is 160 g/mol. The molecule has 1 heterocycles. The van der Waals surface area contributed by atoms with Gasteiger partial charge < -0.3 is 0 Å². The van der Waals surface area contributed by atoms with Gasteiger partial charge in [0.15, 0.2) is 5.69 Å². The van der Waals surface area contributed by atoms with Crippen LogP contribution in [0.3, 0.4) is 0 Å². The third-order valence-electron chi connectivity index (χ3n) is 1.93. The van der Waals surface area contributed by atoms with Crippen LogP contribution in [0.4, 0.5) is 5.69 Å². The van der Waals surface area contributed by atoms with E-state index in [-0.39, 0.29) is 0 Å². The number of aromatic nitrogens is 1. The Balaban J connectivity index is 2.75. The lowest BCUT2D eigenvalue weighted by Gasteiger charge is -1.98. The van der Waals surface area contributed by atoms with E-state index in [0.717, 1.165) is 16.5 Å². The van der Waals surface area contributed by atoms with Gasteiger partial charge in [-0.15, -0.1) is 0 Å². The standard InChI is InChI=1S/C11H8N2/c1-8-5-9-3-4-10(12-2)6-11(9)13-7-8/h3-7H,1H3. The molecule has 0 radical (unpaired) electrons. The zero-order valence-electron chi connectivity index (χ0n) is 7.28. The zero-order valence-corrected chi connectivity index (χ0v) is 7.28. The second kappa shape index (κ2) is 2.87. The number of benzene rings is 1. The highest BCUT2D eigenvalue weighted by atomic mass is 14.7. The Morgan fingerprint density at radius 3 is 2.92 bits per heavy atom. The van der Waals surface area contributed by atoms with E-state index < -0.39 is 0 Å². The monoisotopic (exact) mass is 168 g/mol. The van der Waals surface area contributed by atoms with Crippen molar-refractivity contribution < 1.29 is 0 Å². The molecule has 0 N–H and O–H groups in total. The topological polar surface area (TPSA) is 17.2 Å². The Bertz CT molecular complexity index is 495. The van der Waals surface area contributed by atoms with Crippen LogP contribution in [-0.4, -0.2) is 4.98 Å². The SMILES string of the molecule is [C-]#[N+]c1ccc2cc(C)cnc2c1. The first-order valence-corrected chi connectivity index (χ1v) is 4.03. The van der Waals surface area contributed by atoms with E-state index in [4.69, 9.17) is 6.57 Å². The van der Waals surface area contributed by atoms with E-state index in [0.29, 0.717) is 5.69 Å². The van der Waals surface area contributed by atoms with Crippen LogP contribution in [0.5, 0.6) is 0 Å². The third kappa shape index (κ3) is 1.36. The van der Waals surface area contributed by atoms with Gasteiger partial charge in [-0.05, 0) is 30.0 Å². The van der Waals surface area contributed by atoms with Crippen molar-refractivity contribution in [2.24, 2.45) is 0 Å². The van der Waals surface area contributed by atoms with Crippen LogP contribution in [0.2, 0.25) is 0 Å². The fourth-order valence-corrected chi connectivity index (χ4v) is 1.29. The molecule has 2 rings (SSSR count). The van der Waals surface area contributed by atoms with Crippen LogP contribution in [0, 0.1) is 13.5 Å². The number of hydrogen-bond acceptors (Lipinski definition) is 1. The molecule has 2 aromatic rings. The van der Waals surface area contributed by atoms with Crippen molar-refractivity contribution in [3.63, 3.8) is 0 Å². The normalized spacial score (nSPS) is 9.85. The van der Waals surface area contributed by atoms with E-state index >= 15 is 0 Å². The van der Waals surface area contributed by atoms with Crippen molar-refractivity contribution in [1.29, 1.82) is 0 Å². The third-order valence-corrected chi connectivity index (χ3v) is 1.93. The lowest BCUT2D eigenvalue weighted by atomic mass is 10.1. The molecule has 2 nitrogen and oxygen atoms in total. The first-order chi connectivity index (χ1) is 6.29. The van der Waals surface area contributed by atoms with Crippen LogP contribution in [-0.2, 0) is 0 Å². The number of fused-ring (bicyclic) bond motifs is 1. The van der Waals surface area contributed by atoms with Gasteiger partial charge in [-0.2, -0.15) is 0 Å². The van der Waals surface area contributed by atoms with Gasteiger partial charge in [-0.25, -0.2) is 4.85 Å². The van der Waals surface area contributed by atoms with Crippen LogP contribution < -0.4 is 0 Å². The van der Waals surface area contributed by atoms with Gasteiger partial charge in [0.25, 0.3) is 0 Å². The molecule has 0 saturated carbocycles. The summed E-state index contributed by atoms with van der Waals surface area (Å²) in [5, 5.41) is 1.09. The molecule has 0 fully saturated rings. The summed E-state index contributed by atoms with van der Waals surface area (Å²) in [5.74, 6) is 0. The highest BCUT2D eigenvalue weighted by molar-refractivity contribution is 5.82. The predicted octanol–water partition coefficient (Wildman–Crippen LogP) is 3.09. The van der Waals surface area contributed by atoms with E-state index in [9.17, 15) is 0 Å². The van der Waals surface area contributed by atoms with Gasteiger partial charge in [0.1, 0.15) is 0 Å². The second-order valence-corrected chi connectivity index (χ2v) is 3.00. The van der Waals surface area contributed by atoms with E-state index in [2.05, 4.69) is 15.9 Å². The first-order valence-electron chi connectivity index (χ1n) is 4.03. The van der Waals surface area contributed by atoms with E-state index in [1.165, 1.54) is 0 Å². The maximum absolute atomic E-state index is 6.86. The fraction of sp³-hybridized carbons (Fsp3) is 0.0909. The van der Waals surface area contributed by atoms with Crippen LogP contribution >= 0.6 is 0 Å². The fourth-order valence-electron chi connectivity index (χ4n) is 1.29. The van der Waals surface area contributed by atoms with E-state index in [1.807, 2.05) is 31.3 Å². The predicted molar refractivity (Wildman–Crippen MR) is 52.7 cm³/mol. The van der Waals surface area contributed by atoms with Crippen molar-refractivity contribution in [2.75, 3.05) is 0 Å². The quantitative estimate of drug-likeness (QED) is 0.552. The molecule has 0 bridgehead atoms. The van der Waals surface area contributed by atoms with Crippen LogP contribution in [0.15, 0.2) is 30.5 Å². The Morgan fingerprint density at radius 1 is 1.31 bits per heavy atom. The van der Waals surface area contributed by atoms with Crippen molar-refractivity contribution in [3.05, 3.63) is 47.4 Å². The van der Waals surface area contributed by atoms with Gasteiger partial charge in [0.2, 0.25) is 0 Å². The maximum atomic E-state index is 6.86. The van der Waals surface area contributed by atoms with Crippen LogP contribution in [0.25, 0.3) is 15.7 Å². The summed E-state index contributed by atoms with van der Waals surface area (Å²) < 4.78 is 0. The molecule has 0 aliphatic heterocycles. The average molecular weight is 168 g/mol. The number of hydrogen-bond donors (Lipinski definition) is 0. The molecule has 62 valence electrons. The minimum absolute atomic E-state index is 0.642. The molecular formula is C11H8N2. The zero-order chi connectivity index (χ0) is 9.26. The average Bonchev–Trinajstić information content (AvgIpc) is 2.17. The van der Waals surface area contributed by atoms with Crippen molar-refractivity contribution in [1.82, 2.24) is 4.98 Å². The molecule has 0 atom stereocenters. The summed E-state index contributed by atoms with van der Waals surface area (Å²) in [5.41, 5.74) is 2.67. The first kappa shape index (κ1) is 7.75. The summed E-state index contributed by atoms with van der Waals surface area (Å²) in [6.45, 7) is 8.87. The molecule has 1 aromatic carbocycles. The molecule has 0 saturated heterocycles. The minimum atomic E-state index is 0.642. The largest absolute Gasteiger partial charge is 0.257 e. The lowest BCUT2D eigenvalue weighted by molar-refractivity contribution is 1.34. The van der Waals surface area contributed by atoms with Crippen molar-refractivity contribution in [3.8, 4) is 0 Å². The Labute approximate surface area is 76.7 Å². The summed E-state index contributed by atoms with van der Waals surface area (Å²) in [6.07, 6.45) is 1.82. The van der Waals surface area contributed by atoms with Gasteiger partial charge in [0, 0.05) is 6.20 Å². The number of aryl methyl sites for hydroxylation is 1. The smallest absolute Gasteiger partial charge is 0.189 e. The van der Waals surface area contributed by atoms with Gasteiger partial charge in [-0.1, -0.05) is 12.1 Å². The van der Waals surface area contributed by atoms with Crippen molar-refractivity contribution >= 4 is 16.6 Å². The maximum Gasteiger partial charge on any atom is 0.189 e. The summed E-state index contributed by atoms with van der Waals surface area (Å²) >= 11 is 0. The molecule has 2 heteroatoms. The Morgan fingerprint density at radius 2 is 2.15 bits per heavy atom. The molecule has 1 aromatic heterocycles. The Hall–Kier alpha value is -1.88. The molecule has 0 aliphatic rings. The van der Waals surface area contributed by atoms with Crippen LogP contribution in [0.1, 0.15) is 5.56 Å². The van der Waals surface area contributed by atoms with Gasteiger partial charge >= 0.3 is 0 Å². The Kier molecular flexibility index (Phi) is 1.71. The second-order valence-electron chi connectivity index (χ2n) is 3.00. The van der Waals surface area contributed by atoms with Gasteiger partial charge in [0.05, 0.1) is 12.1 Å². The molecule has 0 unspecified atom stereocenters. The molecule has 13 heavy (non-hydrogen) atoms. The molecule has 0 aliphatic carbocycles. The molecule has 0 amide bonds. The lowest BCUT2D eigenvalue weighted by Crippen LogP contribution is -1.79. The van der Waals surface area contributed by atoms with Gasteiger partial charge in [-0.3, -0.25) is 4.98 Å². The summed E-state index contributed by atoms with van der Waals surface area (Å²) in [7, 11) is 0. The minimum Gasteiger partial charge on any atom is -0.257 e. The highest BCUT2D eigenvalue weighted by Gasteiger charge is 1.96. The number of rotatable bonds is 0. The van der Waals surface area contributed by atoms with E-state index in [1.54, 1.807) is 0 Å². The number of nitrogens with zero attached hydrogens (tertiary/aromatic N) is 2.